The molecule has 0 unspecified atom stereocenters. The van der Waals surface area contributed by atoms with Gasteiger partial charge in [-0.3, -0.25) is 9.69 Å². The monoisotopic (exact) mass is 441 g/mol. The van der Waals surface area contributed by atoms with Gasteiger partial charge >= 0.3 is 5.97 Å². The molecule has 0 aliphatic carbocycles. The molecule has 168 valence electrons. The first-order valence-electron chi connectivity index (χ1n) is 10.9. The first-order valence-corrected chi connectivity index (χ1v) is 10.9. The van der Waals surface area contributed by atoms with E-state index in [4.69, 9.17) is 9.84 Å². The van der Waals surface area contributed by atoms with Crippen LogP contribution in [-0.4, -0.2) is 41.2 Å². The van der Waals surface area contributed by atoms with Crippen LogP contribution in [0.4, 0.5) is 0 Å². The summed E-state index contributed by atoms with van der Waals surface area (Å²) in [6.45, 7) is 4.84. The highest BCUT2D eigenvalue weighted by Gasteiger charge is 2.39. The van der Waals surface area contributed by atoms with Crippen LogP contribution in [0.3, 0.4) is 0 Å². The second-order valence-electron chi connectivity index (χ2n) is 8.17. The number of carbonyl (C=O) groups excluding carboxylic acids is 2. The minimum atomic E-state index is -0.387. The molecule has 0 saturated carbocycles. The van der Waals surface area contributed by atoms with Crippen LogP contribution in [0, 0.1) is 6.92 Å². The third-order valence-corrected chi connectivity index (χ3v) is 5.76. The molecule has 6 nitrogen and oxygen atoms in total. The molecular weight excluding hydrogens is 414 g/mol. The molecule has 1 fully saturated rings. The van der Waals surface area contributed by atoms with Crippen LogP contribution in [-0.2, 0) is 16.1 Å². The average molecular weight is 442 g/mol. The number of aryl methyl sites for hydroxylation is 1. The van der Waals surface area contributed by atoms with Crippen LogP contribution in [0.2, 0.25) is 0 Å². The molecule has 1 atom stereocenters. The molecule has 1 aliphatic heterocycles. The highest BCUT2D eigenvalue weighted by atomic mass is 16.5. The number of esters is 1. The summed E-state index contributed by atoms with van der Waals surface area (Å²) in [4.78, 5) is 26.9. The number of rotatable bonds is 6. The van der Waals surface area contributed by atoms with E-state index in [0.29, 0.717) is 17.8 Å². The molecule has 6 heteroatoms. The fourth-order valence-electron chi connectivity index (χ4n) is 3.97. The van der Waals surface area contributed by atoms with Gasteiger partial charge in [0.2, 0.25) is 0 Å². The zero-order chi connectivity index (χ0) is 23.4. The lowest BCUT2D eigenvalue weighted by Crippen LogP contribution is -2.29. The van der Waals surface area contributed by atoms with Crippen molar-refractivity contribution in [3.05, 3.63) is 107 Å². The highest BCUT2D eigenvalue weighted by Crippen LogP contribution is 2.33. The molecule has 0 N–H and O–H groups in total. The van der Waals surface area contributed by atoms with Crippen LogP contribution in [0.1, 0.15) is 45.7 Å². The normalized spacial score (nSPS) is 16.8. The van der Waals surface area contributed by atoms with Gasteiger partial charge in [-0.1, -0.05) is 72.3 Å². The quantitative estimate of drug-likeness (QED) is 0.416. The third-order valence-electron chi connectivity index (χ3n) is 5.76. The van der Waals surface area contributed by atoms with Crippen LogP contribution < -0.4 is 0 Å². The van der Waals surface area contributed by atoms with Gasteiger partial charge in [-0.25, -0.2) is 9.80 Å². The Morgan fingerprint density at radius 2 is 1.61 bits per heavy atom. The van der Waals surface area contributed by atoms with Crippen molar-refractivity contribution >= 4 is 17.6 Å². The lowest BCUT2D eigenvalue weighted by molar-refractivity contribution is -0.128. The summed E-state index contributed by atoms with van der Waals surface area (Å²) in [6, 6.07) is 25.4. The average Bonchev–Trinajstić information content (AvgIpc) is 3.14. The maximum absolute atomic E-state index is 13.1. The third kappa shape index (κ3) is 5.02. The minimum Gasteiger partial charge on any atom is -0.465 e. The molecular formula is C27H27N3O3. The second-order valence-corrected chi connectivity index (χ2v) is 8.17. The first kappa shape index (κ1) is 22.4. The number of carbonyl (C=O) groups is 2. The van der Waals surface area contributed by atoms with Crippen LogP contribution in [0.15, 0.2) is 84.0 Å². The van der Waals surface area contributed by atoms with E-state index < -0.39 is 0 Å². The van der Waals surface area contributed by atoms with Crippen molar-refractivity contribution in [1.29, 1.82) is 0 Å². The molecule has 33 heavy (non-hydrogen) atoms. The van der Waals surface area contributed by atoms with Crippen molar-refractivity contribution in [1.82, 2.24) is 9.91 Å². The largest absolute Gasteiger partial charge is 0.465 e. The Balaban J connectivity index is 1.66. The molecule has 0 spiro atoms. The number of hydrogen-bond acceptors (Lipinski definition) is 5. The number of methoxy groups -OCH3 is 1. The molecule has 0 bridgehead atoms. The Morgan fingerprint density at radius 1 is 0.970 bits per heavy atom. The Hall–Kier alpha value is -3.77. The molecule has 0 aromatic heterocycles. The molecule has 1 amide bonds. The van der Waals surface area contributed by atoms with Gasteiger partial charge in [-0.2, -0.15) is 5.10 Å². The fourth-order valence-corrected chi connectivity index (χ4v) is 3.97. The summed E-state index contributed by atoms with van der Waals surface area (Å²) in [5, 5.41) is 6.32. The summed E-state index contributed by atoms with van der Waals surface area (Å²) in [7, 11) is 1.36. The van der Waals surface area contributed by atoms with E-state index >= 15 is 0 Å². The molecule has 4 rings (SSSR count). The maximum atomic E-state index is 13.1. The van der Waals surface area contributed by atoms with E-state index in [-0.39, 0.29) is 24.6 Å². The minimum absolute atomic E-state index is 0.0537. The molecule has 1 aliphatic rings. The van der Waals surface area contributed by atoms with Crippen molar-refractivity contribution in [3.8, 4) is 0 Å². The van der Waals surface area contributed by atoms with Crippen molar-refractivity contribution < 1.29 is 14.3 Å². The van der Waals surface area contributed by atoms with Gasteiger partial charge < -0.3 is 4.74 Å². The van der Waals surface area contributed by atoms with Gasteiger partial charge in [0.15, 0.2) is 0 Å². The standard InChI is InChI=1S/C27H27N3O3/c1-19-9-11-23(12-10-19)26-29(17-21-7-5-4-6-8-21)18-25(31)30(26)28-20(2)22-13-15-24(16-14-22)27(32)33-3/h4-16,26H,17-18H2,1-3H3/b28-20-/t26-/m1/s1. The van der Waals surface area contributed by atoms with E-state index in [1.807, 2.05) is 44.2 Å². The van der Waals surface area contributed by atoms with E-state index in [1.165, 1.54) is 7.11 Å². The summed E-state index contributed by atoms with van der Waals surface area (Å²) in [6.07, 6.45) is -0.303. The Bertz CT molecular complexity index is 1160. The van der Waals surface area contributed by atoms with E-state index in [0.717, 1.165) is 22.3 Å². The number of hydrazone groups is 1. The van der Waals surface area contributed by atoms with Crippen LogP contribution >= 0.6 is 0 Å². The highest BCUT2D eigenvalue weighted by molar-refractivity contribution is 6.00. The zero-order valence-corrected chi connectivity index (χ0v) is 19.1. The van der Waals surface area contributed by atoms with Gasteiger partial charge in [0.25, 0.3) is 5.91 Å². The first-order chi connectivity index (χ1) is 16.0. The molecule has 3 aromatic carbocycles. The van der Waals surface area contributed by atoms with E-state index in [9.17, 15) is 9.59 Å². The van der Waals surface area contributed by atoms with E-state index in [2.05, 4.69) is 41.3 Å². The topological polar surface area (TPSA) is 62.2 Å². The predicted octanol–water partition coefficient (Wildman–Crippen LogP) is 4.55. The Labute approximate surface area is 194 Å². The van der Waals surface area contributed by atoms with Crippen molar-refractivity contribution in [2.75, 3.05) is 13.7 Å². The lowest BCUT2D eigenvalue weighted by atomic mass is 10.1. The van der Waals surface area contributed by atoms with Crippen molar-refractivity contribution in [2.24, 2.45) is 5.10 Å². The Kier molecular flexibility index (Phi) is 6.66. The molecule has 1 heterocycles. The number of ether oxygens (including phenoxy) is 1. The number of hydrogen-bond donors (Lipinski definition) is 0. The molecule has 1 saturated heterocycles. The van der Waals surface area contributed by atoms with Crippen LogP contribution in [0.5, 0.6) is 0 Å². The summed E-state index contributed by atoms with van der Waals surface area (Å²) in [5.41, 5.74) is 5.31. The predicted molar refractivity (Wildman–Crippen MR) is 128 cm³/mol. The number of nitrogens with zero attached hydrogens (tertiary/aromatic N) is 3. The van der Waals surface area contributed by atoms with E-state index in [1.54, 1.807) is 17.1 Å². The summed E-state index contributed by atoms with van der Waals surface area (Å²) in [5.74, 6) is -0.441. The molecule has 0 radical (unpaired) electrons. The lowest BCUT2D eigenvalue weighted by Gasteiger charge is -2.28. The summed E-state index contributed by atoms with van der Waals surface area (Å²) >= 11 is 0. The maximum Gasteiger partial charge on any atom is 0.337 e. The van der Waals surface area contributed by atoms with Gasteiger partial charge in [-0.05, 0) is 42.7 Å². The van der Waals surface area contributed by atoms with Gasteiger partial charge in [-0.15, -0.1) is 0 Å². The zero-order valence-electron chi connectivity index (χ0n) is 19.1. The van der Waals surface area contributed by atoms with Gasteiger partial charge in [0, 0.05) is 6.54 Å². The fraction of sp³-hybridized carbons (Fsp3) is 0.222. The smallest absolute Gasteiger partial charge is 0.337 e. The van der Waals surface area contributed by atoms with Crippen LogP contribution in [0.25, 0.3) is 0 Å². The van der Waals surface area contributed by atoms with Crippen molar-refractivity contribution in [2.45, 2.75) is 26.6 Å². The number of benzene rings is 3. The van der Waals surface area contributed by atoms with Gasteiger partial charge in [0.05, 0.1) is 24.9 Å². The molecule has 3 aromatic rings. The number of amides is 1. The second kappa shape index (κ2) is 9.79. The SMILES string of the molecule is COC(=O)c1ccc(/C(C)=N\N2C(=O)CN(Cc3ccccc3)[C@H]2c2ccc(C)cc2)cc1. The summed E-state index contributed by atoms with van der Waals surface area (Å²) < 4.78 is 4.76. The Morgan fingerprint density at radius 3 is 2.24 bits per heavy atom. The van der Waals surface area contributed by atoms with Crippen molar-refractivity contribution in [3.63, 3.8) is 0 Å². The van der Waals surface area contributed by atoms with Gasteiger partial charge in [0.1, 0.15) is 6.17 Å².